The Morgan fingerprint density at radius 2 is 2.00 bits per heavy atom. The first kappa shape index (κ1) is 14.7. The summed E-state index contributed by atoms with van der Waals surface area (Å²) < 4.78 is 5.09. The number of aromatic nitrogens is 4. The number of nitrogens with two attached hydrogens (primary N) is 1. The number of hydrogen-bond acceptors (Lipinski definition) is 8. The van der Waals surface area contributed by atoms with Gasteiger partial charge in [0.25, 0.3) is 0 Å². The van der Waals surface area contributed by atoms with Crippen molar-refractivity contribution in [1.82, 2.24) is 20.1 Å². The van der Waals surface area contributed by atoms with E-state index in [9.17, 15) is 0 Å². The fourth-order valence-corrected chi connectivity index (χ4v) is 1.80. The topological polar surface area (TPSA) is 135 Å². The van der Waals surface area contributed by atoms with E-state index in [-0.39, 0.29) is 17.5 Å². The monoisotopic (exact) mass is 331 g/mol. The van der Waals surface area contributed by atoms with Crippen LogP contribution in [0.1, 0.15) is 5.69 Å². The third kappa shape index (κ3) is 3.35. The van der Waals surface area contributed by atoms with Crippen molar-refractivity contribution in [2.45, 2.75) is 0 Å². The minimum atomic E-state index is -0.133. The van der Waals surface area contributed by atoms with Crippen LogP contribution in [-0.4, -0.2) is 31.2 Å². The summed E-state index contributed by atoms with van der Waals surface area (Å²) in [6.07, 6.45) is 2.73. The molecule has 3 aromatic rings. The number of oxime groups is 1. The van der Waals surface area contributed by atoms with Gasteiger partial charge in [-0.2, -0.15) is 4.98 Å². The van der Waals surface area contributed by atoms with Crippen molar-refractivity contribution in [3.8, 4) is 11.4 Å². The Hall–Kier alpha value is -3.20. The number of nitrogens with one attached hydrogen (secondary N) is 1. The molecule has 0 atom stereocenters. The van der Waals surface area contributed by atoms with Crippen LogP contribution < -0.4 is 11.1 Å². The molecular formula is C13H10ClN7O2. The van der Waals surface area contributed by atoms with Gasteiger partial charge in [0.2, 0.25) is 5.82 Å². The summed E-state index contributed by atoms with van der Waals surface area (Å²) in [7, 11) is 0. The van der Waals surface area contributed by atoms with Gasteiger partial charge in [0.15, 0.2) is 11.7 Å². The van der Waals surface area contributed by atoms with Crippen LogP contribution in [-0.2, 0) is 0 Å². The molecule has 0 radical (unpaired) electrons. The van der Waals surface area contributed by atoms with E-state index in [0.29, 0.717) is 16.7 Å². The molecule has 9 nitrogen and oxygen atoms in total. The third-order valence-corrected chi connectivity index (χ3v) is 3.04. The predicted molar refractivity (Wildman–Crippen MR) is 82.6 cm³/mol. The Kier molecular flexibility index (Phi) is 4.02. The van der Waals surface area contributed by atoms with Gasteiger partial charge < -0.3 is 15.5 Å². The van der Waals surface area contributed by atoms with E-state index >= 15 is 0 Å². The lowest BCUT2D eigenvalue weighted by molar-refractivity contribution is 0.318. The summed E-state index contributed by atoms with van der Waals surface area (Å²) in [5.74, 6) is 0.642. The SMILES string of the molecule is NC(=NO)c1cnc(Nc2nc(-c3ccc(Cl)cc3)no2)cn1. The number of halogens is 1. The molecule has 0 saturated heterocycles. The Bertz CT molecular complexity index is 830. The maximum Gasteiger partial charge on any atom is 0.327 e. The summed E-state index contributed by atoms with van der Waals surface area (Å²) in [5, 5.41) is 18.7. The van der Waals surface area contributed by atoms with Gasteiger partial charge in [0, 0.05) is 10.6 Å². The molecular weight excluding hydrogens is 322 g/mol. The average molecular weight is 332 g/mol. The zero-order valence-electron chi connectivity index (χ0n) is 11.5. The van der Waals surface area contributed by atoms with Gasteiger partial charge in [-0.3, -0.25) is 5.32 Å². The van der Waals surface area contributed by atoms with Crippen molar-refractivity contribution in [2.24, 2.45) is 10.9 Å². The molecule has 2 heterocycles. The van der Waals surface area contributed by atoms with Crippen molar-refractivity contribution in [1.29, 1.82) is 0 Å². The number of nitrogens with zero attached hydrogens (tertiary/aromatic N) is 5. The molecule has 0 aliphatic heterocycles. The molecule has 0 unspecified atom stereocenters. The minimum absolute atomic E-state index is 0.133. The lowest BCUT2D eigenvalue weighted by atomic mass is 10.2. The molecule has 4 N–H and O–H groups in total. The predicted octanol–water partition coefficient (Wildman–Crippen LogP) is 2.02. The standard InChI is InChI=1S/C13H10ClN7O2/c14-8-3-1-7(2-4-8)12-19-13(23-21-12)18-10-6-16-9(5-17-10)11(15)20-22/h1-6,22H,(H2,15,20)(H,17,18,19,21). The number of amidine groups is 1. The van der Waals surface area contributed by atoms with E-state index in [0.717, 1.165) is 5.56 Å². The highest BCUT2D eigenvalue weighted by molar-refractivity contribution is 6.30. The van der Waals surface area contributed by atoms with Crippen LogP contribution in [0, 0.1) is 0 Å². The van der Waals surface area contributed by atoms with Gasteiger partial charge >= 0.3 is 6.01 Å². The molecule has 0 spiro atoms. The van der Waals surface area contributed by atoms with E-state index < -0.39 is 0 Å². The molecule has 0 fully saturated rings. The van der Waals surface area contributed by atoms with Gasteiger partial charge in [0.1, 0.15) is 5.69 Å². The first-order valence-corrected chi connectivity index (χ1v) is 6.70. The molecule has 0 amide bonds. The highest BCUT2D eigenvalue weighted by Gasteiger charge is 2.10. The lowest BCUT2D eigenvalue weighted by Crippen LogP contribution is -2.15. The highest BCUT2D eigenvalue weighted by Crippen LogP contribution is 2.21. The summed E-state index contributed by atoms with van der Waals surface area (Å²) >= 11 is 5.83. The van der Waals surface area contributed by atoms with Gasteiger partial charge in [-0.25, -0.2) is 9.97 Å². The van der Waals surface area contributed by atoms with Gasteiger partial charge in [-0.15, -0.1) is 0 Å². The van der Waals surface area contributed by atoms with E-state index in [1.54, 1.807) is 24.3 Å². The molecule has 116 valence electrons. The van der Waals surface area contributed by atoms with Gasteiger partial charge in [-0.05, 0) is 24.3 Å². The maximum absolute atomic E-state index is 8.56. The molecule has 0 aliphatic carbocycles. The molecule has 1 aromatic carbocycles. The van der Waals surface area contributed by atoms with Crippen LogP contribution in [0.2, 0.25) is 5.02 Å². The van der Waals surface area contributed by atoms with Crippen molar-refractivity contribution in [2.75, 3.05) is 5.32 Å². The smallest absolute Gasteiger partial charge is 0.327 e. The zero-order chi connectivity index (χ0) is 16.2. The molecule has 0 bridgehead atoms. The van der Waals surface area contributed by atoms with Crippen LogP contribution in [0.4, 0.5) is 11.8 Å². The summed E-state index contributed by atoms with van der Waals surface area (Å²) in [5.41, 5.74) is 6.41. The van der Waals surface area contributed by atoms with E-state index in [2.05, 4.69) is 30.6 Å². The normalized spacial score (nSPS) is 11.4. The van der Waals surface area contributed by atoms with Gasteiger partial charge in [-0.1, -0.05) is 21.9 Å². The number of hydrogen-bond donors (Lipinski definition) is 3. The summed E-state index contributed by atoms with van der Waals surface area (Å²) in [6.45, 7) is 0. The highest BCUT2D eigenvalue weighted by atomic mass is 35.5. The zero-order valence-corrected chi connectivity index (χ0v) is 12.3. The second-order valence-corrected chi connectivity index (χ2v) is 4.76. The van der Waals surface area contributed by atoms with Gasteiger partial charge in [0.05, 0.1) is 12.4 Å². The van der Waals surface area contributed by atoms with Crippen molar-refractivity contribution >= 4 is 29.3 Å². The number of benzene rings is 1. The fourth-order valence-electron chi connectivity index (χ4n) is 1.68. The Balaban J connectivity index is 1.75. The van der Waals surface area contributed by atoms with Crippen molar-refractivity contribution < 1.29 is 9.73 Å². The molecule has 0 aliphatic rings. The van der Waals surface area contributed by atoms with Crippen LogP contribution in [0.25, 0.3) is 11.4 Å². The Morgan fingerprint density at radius 1 is 1.22 bits per heavy atom. The fraction of sp³-hybridized carbons (Fsp3) is 0. The largest absolute Gasteiger partial charge is 0.409 e. The summed E-state index contributed by atoms with van der Waals surface area (Å²) in [4.78, 5) is 12.2. The van der Waals surface area contributed by atoms with Crippen LogP contribution in [0.15, 0.2) is 46.3 Å². The average Bonchev–Trinajstić information content (AvgIpc) is 3.04. The molecule has 3 rings (SSSR count). The van der Waals surface area contributed by atoms with Crippen LogP contribution >= 0.6 is 11.6 Å². The first-order chi connectivity index (χ1) is 11.2. The quantitative estimate of drug-likeness (QED) is 0.286. The Morgan fingerprint density at radius 3 is 2.65 bits per heavy atom. The minimum Gasteiger partial charge on any atom is -0.409 e. The van der Waals surface area contributed by atoms with E-state index in [1.807, 2.05) is 0 Å². The van der Waals surface area contributed by atoms with Crippen molar-refractivity contribution in [3.63, 3.8) is 0 Å². The second-order valence-electron chi connectivity index (χ2n) is 4.33. The number of rotatable bonds is 4. The van der Waals surface area contributed by atoms with E-state index in [4.69, 9.17) is 27.1 Å². The molecule has 23 heavy (non-hydrogen) atoms. The van der Waals surface area contributed by atoms with E-state index in [1.165, 1.54) is 12.4 Å². The molecule has 10 heteroatoms. The van der Waals surface area contributed by atoms with Crippen LogP contribution in [0.5, 0.6) is 0 Å². The number of anilines is 2. The summed E-state index contributed by atoms with van der Waals surface area (Å²) in [6, 6.07) is 7.18. The third-order valence-electron chi connectivity index (χ3n) is 2.79. The molecule has 2 aromatic heterocycles. The lowest BCUT2D eigenvalue weighted by Gasteiger charge is -2.00. The maximum atomic E-state index is 8.56. The second kappa shape index (κ2) is 6.28. The first-order valence-electron chi connectivity index (χ1n) is 6.32. The Labute approximate surface area is 134 Å². The van der Waals surface area contributed by atoms with Crippen LogP contribution in [0.3, 0.4) is 0 Å². The van der Waals surface area contributed by atoms with Crippen molar-refractivity contribution in [3.05, 3.63) is 47.4 Å². The molecule has 0 saturated carbocycles.